The van der Waals surface area contributed by atoms with Gasteiger partial charge in [0.25, 0.3) is 5.91 Å². The van der Waals surface area contributed by atoms with E-state index >= 15 is 0 Å². The van der Waals surface area contributed by atoms with E-state index < -0.39 is 17.9 Å². The predicted octanol–water partition coefficient (Wildman–Crippen LogP) is 2.08. The number of hydrogen-bond acceptors (Lipinski definition) is 3. The van der Waals surface area contributed by atoms with Crippen molar-refractivity contribution >= 4 is 17.6 Å². The molecule has 21 heavy (non-hydrogen) atoms. The summed E-state index contributed by atoms with van der Waals surface area (Å²) in [4.78, 5) is 29.4. The van der Waals surface area contributed by atoms with E-state index in [-0.39, 0.29) is 17.5 Å². The van der Waals surface area contributed by atoms with E-state index in [2.05, 4.69) is 10.3 Å². The highest BCUT2D eigenvalue weighted by Crippen LogP contribution is 2.50. The summed E-state index contributed by atoms with van der Waals surface area (Å²) in [5, 5.41) is 2.79. The number of carbonyl (C=O) groups is 2. The Balaban J connectivity index is 1.60. The van der Waals surface area contributed by atoms with Gasteiger partial charge in [-0.25, -0.2) is 14.1 Å². The lowest BCUT2D eigenvalue weighted by atomic mass is 9.83. The van der Waals surface area contributed by atoms with Gasteiger partial charge in [0.05, 0.1) is 18.1 Å². The van der Waals surface area contributed by atoms with Crippen molar-refractivity contribution in [3.63, 3.8) is 0 Å². The first kappa shape index (κ1) is 12.7. The summed E-state index contributed by atoms with van der Waals surface area (Å²) in [6, 6.07) is 0.226. The molecule has 1 aromatic rings. The fraction of sp³-hybridized carbons (Fsp3) is 0.533. The number of carbonyl (C=O) groups excluding carboxylic acids is 2. The van der Waals surface area contributed by atoms with Gasteiger partial charge in [-0.15, -0.1) is 0 Å². The summed E-state index contributed by atoms with van der Waals surface area (Å²) in [7, 11) is 0. The Morgan fingerprint density at radius 3 is 2.76 bits per heavy atom. The summed E-state index contributed by atoms with van der Waals surface area (Å²) >= 11 is 0. The molecule has 4 rings (SSSR count). The molecule has 1 saturated heterocycles. The second kappa shape index (κ2) is 4.51. The molecule has 0 radical (unpaired) electrons. The van der Waals surface area contributed by atoms with E-state index in [9.17, 15) is 14.0 Å². The molecule has 110 valence electrons. The number of urea groups is 1. The van der Waals surface area contributed by atoms with Crippen LogP contribution < -0.4 is 10.2 Å². The van der Waals surface area contributed by atoms with Crippen LogP contribution in [0.2, 0.25) is 0 Å². The van der Waals surface area contributed by atoms with Crippen LogP contribution in [0.3, 0.4) is 0 Å². The first-order chi connectivity index (χ1) is 10.1. The highest BCUT2D eigenvalue weighted by molar-refractivity contribution is 6.21. The minimum atomic E-state index is -0.559. The van der Waals surface area contributed by atoms with E-state index in [1.54, 1.807) is 0 Å². The van der Waals surface area contributed by atoms with E-state index in [4.69, 9.17) is 0 Å². The van der Waals surface area contributed by atoms with Gasteiger partial charge >= 0.3 is 6.03 Å². The van der Waals surface area contributed by atoms with Crippen LogP contribution in [-0.4, -0.2) is 23.0 Å². The fourth-order valence-electron chi connectivity index (χ4n) is 4.26. The van der Waals surface area contributed by atoms with E-state index in [0.717, 1.165) is 30.0 Å². The first-order valence-corrected chi connectivity index (χ1v) is 7.38. The summed E-state index contributed by atoms with van der Waals surface area (Å²) in [6.45, 7) is 0. The number of hydrogen-bond donors (Lipinski definition) is 1. The van der Waals surface area contributed by atoms with Crippen molar-refractivity contribution < 1.29 is 14.0 Å². The maximum atomic E-state index is 13.3. The molecule has 2 heterocycles. The van der Waals surface area contributed by atoms with Crippen LogP contribution in [0, 0.1) is 23.6 Å². The summed E-state index contributed by atoms with van der Waals surface area (Å²) in [6.07, 6.45) is 6.96. The Morgan fingerprint density at radius 2 is 2.10 bits per heavy atom. The molecule has 3 fully saturated rings. The van der Waals surface area contributed by atoms with Gasteiger partial charge in [0, 0.05) is 6.07 Å². The Kier molecular flexibility index (Phi) is 2.74. The van der Waals surface area contributed by atoms with E-state index in [1.807, 2.05) is 0 Å². The summed E-state index contributed by atoms with van der Waals surface area (Å²) in [5.41, 5.74) is 0.197. The minimum absolute atomic E-state index is 0.197. The van der Waals surface area contributed by atoms with Crippen molar-refractivity contribution in [1.29, 1.82) is 0 Å². The molecule has 4 unspecified atom stereocenters. The standard InChI is InChI=1S/C15H16FN3O2/c16-10-5-11(7-17-6-10)19-14(20)13(18-15(19)21)12-4-8-1-2-9(12)3-8/h5-9,12-13H,1-4H2,(H,18,21). The van der Waals surface area contributed by atoms with Crippen LogP contribution in [0.15, 0.2) is 18.5 Å². The SMILES string of the molecule is O=C1NC(C2CC3CCC2C3)C(=O)N1c1cncc(F)c1. The van der Waals surface area contributed by atoms with Crippen molar-refractivity contribution in [2.45, 2.75) is 31.7 Å². The third-order valence-corrected chi connectivity index (χ3v) is 5.14. The number of aromatic nitrogens is 1. The number of nitrogens with zero attached hydrogens (tertiary/aromatic N) is 2. The number of nitrogens with one attached hydrogen (secondary N) is 1. The second-order valence-corrected chi connectivity index (χ2v) is 6.30. The molecule has 2 saturated carbocycles. The lowest BCUT2D eigenvalue weighted by molar-refractivity contribution is -0.119. The number of anilines is 1. The summed E-state index contributed by atoms with van der Waals surface area (Å²) < 4.78 is 13.3. The van der Waals surface area contributed by atoms with Crippen molar-refractivity contribution in [2.24, 2.45) is 17.8 Å². The van der Waals surface area contributed by atoms with Gasteiger partial charge in [-0.05, 0) is 37.0 Å². The highest BCUT2D eigenvalue weighted by Gasteiger charge is 2.50. The average molecular weight is 289 g/mol. The van der Waals surface area contributed by atoms with Crippen LogP contribution >= 0.6 is 0 Å². The van der Waals surface area contributed by atoms with Crippen molar-refractivity contribution in [3.8, 4) is 0 Å². The quantitative estimate of drug-likeness (QED) is 0.848. The Morgan fingerprint density at radius 1 is 1.24 bits per heavy atom. The second-order valence-electron chi connectivity index (χ2n) is 6.30. The van der Waals surface area contributed by atoms with Crippen LogP contribution in [0.25, 0.3) is 0 Å². The first-order valence-electron chi connectivity index (χ1n) is 7.38. The number of pyridine rings is 1. The van der Waals surface area contributed by atoms with Crippen LogP contribution in [0.5, 0.6) is 0 Å². The predicted molar refractivity (Wildman–Crippen MR) is 72.9 cm³/mol. The molecule has 1 aliphatic heterocycles. The van der Waals surface area contributed by atoms with Crippen molar-refractivity contribution in [1.82, 2.24) is 10.3 Å². The normalized spacial score (nSPS) is 34.6. The minimum Gasteiger partial charge on any atom is -0.325 e. The zero-order valence-electron chi connectivity index (χ0n) is 11.5. The van der Waals surface area contributed by atoms with Gasteiger partial charge < -0.3 is 5.32 Å². The molecular weight excluding hydrogens is 273 g/mol. The number of halogens is 1. The van der Waals surface area contributed by atoms with Crippen molar-refractivity contribution in [3.05, 3.63) is 24.3 Å². The molecule has 2 bridgehead atoms. The number of fused-ring (bicyclic) bond motifs is 2. The van der Waals surface area contributed by atoms with Crippen LogP contribution in [0.4, 0.5) is 14.9 Å². The van der Waals surface area contributed by atoms with Gasteiger partial charge in [-0.1, -0.05) is 6.42 Å². The monoisotopic (exact) mass is 289 g/mol. The van der Waals surface area contributed by atoms with E-state index in [0.29, 0.717) is 11.8 Å². The Hall–Kier alpha value is -1.98. The fourth-order valence-corrected chi connectivity index (χ4v) is 4.26. The molecular formula is C15H16FN3O2. The zero-order valence-corrected chi connectivity index (χ0v) is 11.5. The Bertz CT molecular complexity index is 621. The number of imide groups is 1. The topological polar surface area (TPSA) is 62.3 Å². The van der Waals surface area contributed by atoms with Gasteiger partial charge in [-0.2, -0.15) is 0 Å². The van der Waals surface area contributed by atoms with Crippen LogP contribution in [-0.2, 0) is 4.79 Å². The van der Waals surface area contributed by atoms with Gasteiger partial charge in [0.2, 0.25) is 0 Å². The molecule has 0 aromatic carbocycles. The van der Waals surface area contributed by atoms with E-state index in [1.165, 1.54) is 19.0 Å². The largest absolute Gasteiger partial charge is 0.329 e. The number of amides is 3. The average Bonchev–Trinajstić information content (AvgIpc) is 3.13. The molecule has 2 aliphatic carbocycles. The lowest BCUT2D eigenvalue weighted by Gasteiger charge is -2.25. The highest BCUT2D eigenvalue weighted by atomic mass is 19.1. The maximum absolute atomic E-state index is 13.3. The van der Waals surface area contributed by atoms with Gasteiger partial charge in [0.15, 0.2) is 0 Å². The molecule has 0 spiro atoms. The molecule has 3 amide bonds. The molecule has 4 atom stereocenters. The van der Waals surface area contributed by atoms with Gasteiger partial charge in [0.1, 0.15) is 11.9 Å². The lowest BCUT2D eigenvalue weighted by Crippen LogP contribution is -2.39. The third kappa shape index (κ3) is 1.92. The Labute approximate surface area is 121 Å². The number of rotatable bonds is 2. The zero-order chi connectivity index (χ0) is 14.6. The molecule has 1 aromatic heterocycles. The third-order valence-electron chi connectivity index (χ3n) is 5.14. The van der Waals surface area contributed by atoms with Crippen LogP contribution in [0.1, 0.15) is 25.7 Å². The smallest absolute Gasteiger partial charge is 0.325 e. The molecule has 5 nitrogen and oxygen atoms in total. The molecule has 3 aliphatic rings. The van der Waals surface area contributed by atoms with Crippen molar-refractivity contribution in [2.75, 3.05) is 4.90 Å². The van der Waals surface area contributed by atoms with Gasteiger partial charge in [-0.3, -0.25) is 9.78 Å². The summed E-state index contributed by atoms with van der Waals surface area (Å²) in [5.74, 6) is 0.637. The molecule has 1 N–H and O–H groups in total. The maximum Gasteiger partial charge on any atom is 0.329 e. The molecule has 6 heteroatoms.